The Hall–Kier alpha value is -4.52. The molecule has 1 N–H and O–H groups in total. The number of nitrogens with one attached hydrogen (secondary N) is 1. The summed E-state index contributed by atoms with van der Waals surface area (Å²) in [6, 6.07) is 9.96. The largest absolute Gasteiger partial charge is 0.340 e. The van der Waals surface area contributed by atoms with Crippen molar-refractivity contribution in [2.24, 2.45) is 0 Å². The number of hydrogen-bond acceptors (Lipinski definition) is 9. The average molecular weight is 541 g/mol. The third-order valence-corrected chi connectivity index (χ3v) is 7.80. The SMILES string of the molecule is Cc1nn(-c2ccc3nnc(C)n3n2)c(C)c1CCC(=O)N1CCN(Cc2cccc(-c3nn[nH]n3)c2C)CC1. The van der Waals surface area contributed by atoms with E-state index in [1.807, 2.05) is 54.6 Å². The Morgan fingerprint density at radius 3 is 2.55 bits per heavy atom. The number of H-pyrrole nitrogens is 1. The molecule has 0 atom stereocenters. The normalized spacial score (nSPS) is 14.3. The van der Waals surface area contributed by atoms with Crippen LogP contribution in [0, 0.1) is 27.7 Å². The molecule has 5 aromatic rings. The highest BCUT2D eigenvalue weighted by atomic mass is 16.2. The first kappa shape index (κ1) is 25.7. The number of aromatic nitrogens is 10. The highest BCUT2D eigenvalue weighted by Gasteiger charge is 2.23. The first-order valence-electron chi connectivity index (χ1n) is 13.5. The van der Waals surface area contributed by atoms with Crippen LogP contribution in [0.3, 0.4) is 0 Å². The summed E-state index contributed by atoms with van der Waals surface area (Å²) < 4.78 is 3.54. The number of fused-ring (bicyclic) bond motifs is 1. The van der Waals surface area contributed by atoms with Crippen LogP contribution in [0.1, 0.15) is 40.3 Å². The van der Waals surface area contributed by atoms with Gasteiger partial charge in [-0.25, -0.2) is 4.68 Å². The second-order valence-corrected chi connectivity index (χ2v) is 10.3. The van der Waals surface area contributed by atoms with Crippen LogP contribution in [0.2, 0.25) is 0 Å². The molecule has 0 aliphatic carbocycles. The molecule has 1 aliphatic heterocycles. The minimum absolute atomic E-state index is 0.182. The van der Waals surface area contributed by atoms with Crippen LogP contribution in [0.5, 0.6) is 0 Å². The van der Waals surface area contributed by atoms with Crippen molar-refractivity contribution in [2.75, 3.05) is 26.2 Å². The maximum atomic E-state index is 13.1. The highest BCUT2D eigenvalue weighted by molar-refractivity contribution is 5.76. The van der Waals surface area contributed by atoms with Gasteiger partial charge in [0.1, 0.15) is 0 Å². The molecule has 13 heteroatoms. The predicted molar refractivity (Wildman–Crippen MR) is 147 cm³/mol. The van der Waals surface area contributed by atoms with Crippen LogP contribution >= 0.6 is 0 Å². The van der Waals surface area contributed by atoms with Crippen molar-refractivity contribution in [3.05, 3.63) is 64.2 Å². The molecule has 1 fully saturated rings. The lowest BCUT2D eigenvalue weighted by Gasteiger charge is -2.35. The molecule has 5 heterocycles. The van der Waals surface area contributed by atoms with Gasteiger partial charge in [0, 0.05) is 50.4 Å². The van der Waals surface area contributed by atoms with Gasteiger partial charge in [0.2, 0.25) is 11.7 Å². The van der Waals surface area contributed by atoms with Gasteiger partial charge in [-0.05, 0) is 68.2 Å². The fraction of sp³-hybridized carbons (Fsp3) is 0.407. The smallest absolute Gasteiger partial charge is 0.222 e. The van der Waals surface area contributed by atoms with Gasteiger partial charge in [-0.2, -0.15) is 14.8 Å². The van der Waals surface area contributed by atoms with Crippen molar-refractivity contribution in [1.29, 1.82) is 0 Å². The van der Waals surface area contributed by atoms with Gasteiger partial charge < -0.3 is 4.90 Å². The summed E-state index contributed by atoms with van der Waals surface area (Å²) in [4.78, 5) is 17.5. The molecule has 1 aliphatic rings. The molecule has 1 saturated heterocycles. The Morgan fingerprint density at radius 1 is 0.950 bits per heavy atom. The topological polar surface area (TPSA) is 139 Å². The van der Waals surface area contributed by atoms with E-state index in [0.717, 1.165) is 66.6 Å². The number of benzene rings is 1. The number of aryl methyl sites for hydroxylation is 2. The minimum Gasteiger partial charge on any atom is -0.340 e. The minimum atomic E-state index is 0.182. The number of hydrogen-bond donors (Lipinski definition) is 1. The molecule has 4 aromatic heterocycles. The molecule has 0 spiro atoms. The molecule has 0 radical (unpaired) electrons. The number of nitrogens with zero attached hydrogens (tertiary/aromatic N) is 11. The number of rotatable bonds is 7. The summed E-state index contributed by atoms with van der Waals surface area (Å²) in [7, 11) is 0. The molecule has 0 saturated carbocycles. The van der Waals surface area contributed by atoms with Gasteiger partial charge >= 0.3 is 0 Å². The molecular weight excluding hydrogens is 508 g/mol. The van der Waals surface area contributed by atoms with E-state index in [2.05, 4.69) is 53.8 Å². The van der Waals surface area contributed by atoms with Crippen molar-refractivity contribution in [1.82, 2.24) is 60.0 Å². The van der Waals surface area contributed by atoms with Gasteiger partial charge in [0.05, 0.1) is 5.69 Å². The molecule has 1 amide bonds. The van der Waals surface area contributed by atoms with Crippen LogP contribution in [0.4, 0.5) is 0 Å². The number of amides is 1. The van der Waals surface area contributed by atoms with Crippen molar-refractivity contribution < 1.29 is 4.79 Å². The van der Waals surface area contributed by atoms with Crippen LogP contribution < -0.4 is 0 Å². The summed E-state index contributed by atoms with van der Waals surface area (Å²) in [5, 5.41) is 32.0. The van der Waals surface area contributed by atoms with Gasteiger partial charge in [-0.15, -0.1) is 25.5 Å². The second-order valence-electron chi connectivity index (χ2n) is 10.3. The molecular formula is C27H32N12O. The zero-order chi connectivity index (χ0) is 27.8. The average Bonchev–Trinajstić information content (AvgIpc) is 3.69. The van der Waals surface area contributed by atoms with Gasteiger partial charge in [0.25, 0.3) is 0 Å². The van der Waals surface area contributed by atoms with Crippen LogP contribution in [-0.2, 0) is 17.8 Å². The zero-order valence-electron chi connectivity index (χ0n) is 23.2. The van der Waals surface area contributed by atoms with E-state index in [-0.39, 0.29) is 5.91 Å². The third-order valence-electron chi connectivity index (χ3n) is 7.80. The molecule has 0 unspecified atom stereocenters. The lowest BCUT2D eigenvalue weighted by molar-refractivity contribution is -0.133. The van der Waals surface area contributed by atoms with E-state index in [1.54, 1.807) is 4.52 Å². The maximum absolute atomic E-state index is 13.1. The quantitative estimate of drug-likeness (QED) is 0.328. The Kier molecular flexibility index (Phi) is 6.80. The fourth-order valence-electron chi connectivity index (χ4n) is 5.42. The number of aromatic amines is 1. The van der Waals surface area contributed by atoms with Gasteiger partial charge in [-0.3, -0.25) is 9.69 Å². The molecule has 6 rings (SSSR count). The third kappa shape index (κ3) is 4.83. The summed E-state index contributed by atoms with van der Waals surface area (Å²) in [6.07, 6.45) is 1.10. The molecule has 0 bridgehead atoms. The first-order chi connectivity index (χ1) is 19.4. The zero-order valence-corrected chi connectivity index (χ0v) is 23.2. The number of piperazine rings is 1. The van der Waals surface area contributed by atoms with Crippen molar-refractivity contribution >= 4 is 11.6 Å². The standard InChI is InChI=1S/C27H32N12O/c1-17-21(6-5-7-22(17)27-30-34-35-31-27)16-36-12-14-37(15-13-36)26(40)11-8-23-18(2)32-38(19(23)3)25-10-9-24-29-28-20(4)39(24)33-25/h5-7,9-10H,8,11-16H2,1-4H3,(H,30,31,34,35). The van der Waals surface area contributed by atoms with E-state index < -0.39 is 0 Å². The van der Waals surface area contributed by atoms with Crippen molar-refractivity contribution in [3.8, 4) is 17.2 Å². The van der Waals surface area contributed by atoms with Gasteiger partial charge in [-0.1, -0.05) is 18.2 Å². The Bertz CT molecular complexity index is 1660. The van der Waals surface area contributed by atoms with E-state index in [4.69, 9.17) is 5.10 Å². The number of tetrazole rings is 1. The molecule has 1 aromatic carbocycles. The molecule has 13 nitrogen and oxygen atoms in total. The van der Waals surface area contributed by atoms with Crippen LogP contribution in [0.15, 0.2) is 30.3 Å². The second kappa shape index (κ2) is 10.6. The lowest BCUT2D eigenvalue weighted by Crippen LogP contribution is -2.48. The lowest BCUT2D eigenvalue weighted by atomic mass is 10.0. The summed E-state index contributed by atoms with van der Waals surface area (Å²) in [5.74, 6) is 2.20. The van der Waals surface area contributed by atoms with E-state index in [9.17, 15) is 4.79 Å². The van der Waals surface area contributed by atoms with Gasteiger partial charge in [0.15, 0.2) is 17.3 Å². The number of carbonyl (C=O) groups excluding carboxylic acids is 1. The Labute approximate surface area is 231 Å². The Morgan fingerprint density at radius 2 is 1.77 bits per heavy atom. The van der Waals surface area contributed by atoms with Crippen LogP contribution in [0.25, 0.3) is 22.9 Å². The highest BCUT2D eigenvalue weighted by Crippen LogP contribution is 2.24. The summed E-state index contributed by atoms with van der Waals surface area (Å²) in [6.45, 7) is 11.9. The van der Waals surface area contributed by atoms with E-state index in [1.165, 1.54) is 5.56 Å². The van der Waals surface area contributed by atoms with E-state index >= 15 is 0 Å². The fourth-order valence-corrected chi connectivity index (χ4v) is 5.42. The number of carbonyl (C=O) groups is 1. The van der Waals surface area contributed by atoms with E-state index in [0.29, 0.717) is 30.1 Å². The van der Waals surface area contributed by atoms with Crippen molar-refractivity contribution in [3.63, 3.8) is 0 Å². The molecule has 40 heavy (non-hydrogen) atoms. The maximum Gasteiger partial charge on any atom is 0.222 e. The first-order valence-corrected chi connectivity index (χ1v) is 13.5. The van der Waals surface area contributed by atoms with Crippen molar-refractivity contribution in [2.45, 2.75) is 47.1 Å². The predicted octanol–water partition coefficient (Wildman–Crippen LogP) is 2.00. The monoisotopic (exact) mass is 540 g/mol. The Balaban J connectivity index is 1.06. The summed E-state index contributed by atoms with van der Waals surface area (Å²) >= 11 is 0. The summed E-state index contributed by atoms with van der Waals surface area (Å²) in [5.41, 5.74) is 7.06. The van der Waals surface area contributed by atoms with Crippen LogP contribution in [-0.4, -0.2) is 92.1 Å². The molecule has 206 valence electrons.